The maximum absolute atomic E-state index is 12.4. The van der Waals surface area contributed by atoms with E-state index in [4.69, 9.17) is 5.73 Å². The Morgan fingerprint density at radius 1 is 1.07 bits per heavy atom. The van der Waals surface area contributed by atoms with Crippen LogP contribution in [-0.4, -0.2) is 30.9 Å². The number of carbonyl (C=O) groups is 2. The van der Waals surface area contributed by atoms with Crippen molar-refractivity contribution in [3.05, 3.63) is 65.7 Å². The second kappa shape index (κ2) is 10.5. The van der Waals surface area contributed by atoms with Gasteiger partial charge in [0.2, 0.25) is 5.91 Å². The van der Waals surface area contributed by atoms with E-state index in [9.17, 15) is 9.59 Å². The van der Waals surface area contributed by atoms with Crippen LogP contribution >= 0.6 is 12.4 Å². The number of carbonyl (C=O) groups excluding carboxylic acids is 2. The number of rotatable bonds is 6. The molecule has 2 atom stereocenters. The van der Waals surface area contributed by atoms with Crippen LogP contribution in [0.1, 0.15) is 24.1 Å². The second-order valence-electron chi connectivity index (χ2n) is 6.47. The molecule has 0 aliphatic rings. The molecule has 2 rings (SSSR count). The van der Waals surface area contributed by atoms with Gasteiger partial charge in [-0.05, 0) is 23.3 Å². The summed E-state index contributed by atoms with van der Waals surface area (Å²) in [5, 5.41) is 5.70. The maximum atomic E-state index is 12.4. The Kier molecular flexibility index (Phi) is 8.78. The van der Waals surface area contributed by atoms with Gasteiger partial charge in [-0.1, -0.05) is 49.4 Å². The van der Waals surface area contributed by atoms with Gasteiger partial charge in [0.25, 0.3) is 0 Å². The highest BCUT2D eigenvalue weighted by atomic mass is 35.5. The van der Waals surface area contributed by atoms with Gasteiger partial charge in [-0.25, -0.2) is 4.79 Å². The number of nitrogens with two attached hydrogens (primary N) is 1. The molecular weight excluding hydrogens is 364 g/mol. The van der Waals surface area contributed by atoms with Crippen LogP contribution in [0.25, 0.3) is 0 Å². The normalized spacial score (nSPS) is 12.3. The third-order valence-electron chi connectivity index (χ3n) is 4.19. The third-order valence-corrected chi connectivity index (χ3v) is 4.19. The Labute approximate surface area is 166 Å². The minimum absolute atomic E-state index is 0. The van der Waals surface area contributed by atoms with Gasteiger partial charge in [0.1, 0.15) is 0 Å². The third kappa shape index (κ3) is 6.58. The van der Waals surface area contributed by atoms with Crippen molar-refractivity contribution in [2.24, 2.45) is 11.7 Å². The van der Waals surface area contributed by atoms with Crippen molar-refractivity contribution in [2.75, 3.05) is 19.4 Å². The van der Waals surface area contributed by atoms with Crippen molar-refractivity contribution in [1.82, 2.24) is 10.2 Å². The van der Waals surface area contributed by atoms with Crippen molar-refractivity contribution in [1.29, 1.82) is 0 Å². The smallest absolute Gasteiger partial charge is 0.321 e. The van der Waals surface area contributed by atoms with Crippen LogP contribution in [0.3, 0.4) is 0 Å². The van der Waals surface area contributed by atoms with Crippen LogP contribution in [0.5, 0.6) is 0 Å². The number of benzene rings is 2. The monoisotopic (exact) mass is 390 g/mol. The van der Waals surface area contributed by atoms with Gasteiger partial charge in [-0.3, -0.25) is 4.79 Å². The molecule has 0 spiro atoms. The van der Waals surface area contributed by atoms with E-state index < -0.39 is 0 Å². The Balaban J connectivity index is 0.00000364. The molecule has 4 N–H and O–H groups in total. The SMILES string of the molecule is CC(C(=O)NCc1cccc(NC(=O)N(C)C)c1)C(N)c1ccccc1.Cl. The fraction of sp³-hybridized carbons (Fsp3) is 0.300. The minimum Gasteiger partial charge on any atom is -0.352 e. The predicted octanol–water partition coefficient (Wildman–Crippen LogP) is 3.15. The largest absolute Gasteiger partial charge is 0.352 e. The van der Waals surface area contributed by atoms with Crippen molar-refractivity contribution >= 4 is 30.0 Å². The van der Waals surface area contributed by atoms with Gasteiger partial charge in [0, 0.05) is 32.4 Å². The summed E-state index contributed by atoms with van der Waals surface area (Å²) in [6, 6.07) is 16.4. The Bertz CT molecular complexity index is 753. The lowest BCUT2D eigenvalue weighted by Gasteiger charge is -2.20. The van der Waals surface area contributed by atoms with Gasteiger partial charge in [0.05, 0.1) is 5.92 Å². The molecular formula is C20H27ClN4O2. The fourth-order valence-electron chi connectivity index (χ4n) is 2.47. The molecule has 3 amide bonds. The van der Waals surface area contributed by atoms with Crippen LogP contribution in [0.2, 0.25) is 0 Å². The van der Waals surface area contributed by atoms with Crippen LogP contribution in [0.15, 0.2) is 54.6 Å². The molecule has 2 aromatic carbocycles. The molecule has 0 saturated heterocycles. The average molecular weight is 391 g/mol. The average Bonchev–Trinajstić information content (AvgIpc) is 2.65. The standard InChI is InChI=1S/C20H26N4O2.ClH/c1-14(18(21)16-9-5-4-6-10-16)19(25)22-13-15-8-7-11-17(12-15)23-20(26)24(2)3;/h4-12,14,18H,13,21H2,1-3H3,(H,22,25)(H,23,26);1H. The summed E-state index contributed by atoms with van der Waals surface area (Å²) in [5.74, 6) is -0.460. The Hall–Kier alpha value is -2.57. The molecule has 0 bridgehead atoms. The lowest BCUT2D eigenvalue weighted by Crippen LogP contribution is -2.35. The van der Waals surface area contributed by atoms with E-state index >= 15 is 0 Å². The molecule has 0 radical (unpaired) electrons. The quantitative estimate of drug-likeness (QED) is 0.708. The van der Waals surface area contributed by atoms with E-state index in [1.807, 2.05) is 55.5 Å². The molecule has 2 aromatic rings. The van der Waals surface area contributed by atoms with Crippen molar-refractivity contribution in [3.63, 3.8) is 0 Å². The van der Waals surface area contributed by atoms with Crippen LogP contribution in [0, 0.1) is 5.92 Å². The second-order valence-corrected chi connectivity index (χ2v) is 6.47. The lowest BCUT2D eigenvalue weighted by atomic mass is 9.94. The zero-order chi connectivity index (χ0) is 19.1. The van der Waals surface area contributed by atoms with Crippen LogP contribution in [0.4, 0.5) is 10.5 Å². The summed E-state index contributed by atoms with van der Waals surface area (Å²) >= 11 is 0. The Morgan fingerprint density at radius 3 is 2.37 bits per heavy atom. The van der Waals surface area contributed by atoms with Crippen molar-refractivity contribution in [2.45, 2.75) is 19.5 Å². The molecule has 27 heavy (non-hydrogen) atoms. The molecule has 2 unspecified atom stereocenters. The number of urea groups is 1. The van der Waals surface area contributed by atoms with Gasteiger partial charge in [-0.15, -0.1) is 12.4 Å². The first-order valence-corrected chi connectivity index (χ1v) is 8.54. The molecule has 0 aromatic heterocycles. The first-order valence-electron chi connectivity index (χ1n) is 8.54. The summed E-state index contributed by atoms with van der Waals surface area (Å²) in [5.41, 5.74) is 8.72. The van der Waals surface area contributed by atoms with E-state index in [-0.39, 0.29) is 36.3 Å². The first-order chi connectivity index (χ1) is 12.4. The zero-order valence-corrected chi connectivity index (χ0v) is 16.6. The fourth-order valence-corrected chi connectivity index (χ4v) is 2.47. The first kappa shape index (κ1) is 22.5. The molecule has 7 heteroatoms. The highest BCUT2D eigenvalue weighted by Gasteiger charge is 2.21. The van der Waals surface area contributed by atoms with Crippen LogP contribution < -0.4 is 16.4 Å². The van der Waals surface area contributed by atoms with Gasteiger partial charge < -0.3 is 21.3 Å². The maximum Gasteiger partial charge on any atom is 0.321 e. The van der Waals surface area contributed by atoms with Crippen LogP contribution in [-0.2, 0) is 11.3 Å². The van der Waals surface area contributed by atoms with E-state index in [1.54, 1.807) is 20.2 Å². The molecule has 0 aliphatic heterocycles. The predicted molar refractivity (Wildman–Crippen MR) is 111 cm³/mol. The lowest BCUT2D eigenvalue weighted by molar-refractivity contribution is -0.125. The zero-order valence-electron chi connectivity index (χ0n) is 15.8. The number of anilines is 1. The number of nitrogens with one attached hydrogen (secondary N) is 2. The highest BCUT2D eigenvalue weighted by Crippen LogP contribution is 2.19. The molecule has 0 aliphatic carbocycles. The minimum atomic E-state index is -0.359. The summed E-state index contributed by atoms with van der Waals surface area (Å²) in [7, 11) is 3.35. The summed E-state index contributed by atoms with van der Waals surface area (Å²) in [6.07, 6.45) is 0. The molecule has 6 nitrogen and oxygen atoms in total. The van der Waals surface area contributed by atoms with E-state index in [2.05, 4.69) is 10.6 Å². The summed E-state index contributed by atoms with van der Waals surface area (Å²) < 4.78 is 0. The number of hydrogen-bond acceptors (Lipinski definition) is 3. The molecule has 146 valence electrons. The van der Waals surface area contributed by atoms with Crippen molar-refractivity contribution in [3.8, 4) is 0 Å². The van der Waals surface area contributed by atoms with E-state index in [0.717, 1.165) is 11.1 Å². The number of hydrogen-bond donors (Lipinski definition) is 3. The van der Waals surface area contributed by atoms with Gasteiger partial charge in [0.15, 0.2) is 0 Å². The highest BCUT2D eigenvalue weighted by molar-refractivity contribution is 5.89. The number of amides is 3. The number of halogens is 1. The topological polar surface area (TPSA) is 87.5 Å². The summed E-state index contributed by atoms with van der Waals surface area (Å²) in [4.78, 5) is 25.6. The van der Waals surface area contributed by atoms with E-state index in [1.165, 1.54) is 4.90 Å². The molecule has 0 heterocycles. The molecule has 0 fully saturated rings. The van der Waals surface area contributed by atoms with E-state index in [0.29, 0.717) is 12.2 Å². The number of nitrogens with zero attached hydrogens (tertiary/aromatic N) is 1. The van der Waals surface area contributed by atoms with Gasteiger partial charge in [-0.2, -0.15) is 0 Å². The summed E-state index contributed by atoms with van der Waals surface area (Å²) in [6.45, 7) is 2.19. The van der Waals surface area contributed by atoms with Crippen molar-refractivity contribution < 1.29 is 9.59 Å². The Morgan fingerprint density at radius 2 is 1.74 bits per heavy atom. The molecule has 0 saturated carbocycles. The van der Waals surface area contributed by atoms with Gasteiger partial charge >= 0.3 is 6.03 Å².